The van der Waals surface area contributed by atoms with Crippen molar-refractivity contribution in [3.8, 4) is 16.8 Å². The van der Waals surface area contributed by atoms with Crippen LogP contribution in [0.3, 0.4) is 0 Å². The minimum atomic E-state index is -0.111. The van der Waals surface area contributed by atoms with Crippen molar-refractivity contribution in [1.82, 2.24) is 4.57 Å². The molecule has 1 aromatic heterocycles. The Bertz CT molecular complexity index is 2510. The predicted octanol–water partition coefficient (Wildman–Crippen LogP) is 13.0. The Morgan fingerprint density at radius 3 is 2.18 bits per heavy atom. The maximum atomic E-state index is 4.87. The van der Waals surface area contributed by atoms with E-state index in [9.17, 15) is 0 Å². The smallest absolute Gasteiger partial charge is 0.0542 e. The van der Waals surface area contributed by atoms with Gasteiger partial charge in [0, 0.05) is 44.9 Å². The summed E-state index contributed by atoms with van der Waals surface area (Å²) < 4.78 is 2.38. The molecule has 0 bridgehead atoms. The molecule has 6 aromatic rings. The number of rotatable bonds is 5. The fourth-order valence-corrected chi connectivity index (χ4v) is 9.44. The number of anilines is 2. The van der Waals surface area contributed by atoms with Crippen molar-refractivity contribution >= 4 is 33.2 Å². The van der Waals surface area contributed by atoms with Crippen LogP contribution in [-0.2, 0) is 5.41 Å². The highest BCUT2D eigenvalue weighted by Crippen LogP contribution is 2.56. The molecule has 2 atom stereocenters. The average molecular weight is 661 g/mol. The van der Waals surface area contributed by atoms with Gasteiger partial charge in [-0.3, -0.25) is 0 Å². The maximum absolute atomic E-state index is 4.87. The fourth-order valence-electron chi connectivity index (χ4n) is 9.44. The molecule has 9 rings (SSSR count). The van der Waals surface area contributed by atoms with Gasteiger partial charge in [0.1, 0.15) is 0 Å². The van der Waals surface area contributed by atoms with Crippen molar-refractivity contribution in [1.29, 1.82) is 0 Å². The average Bonchev–Trinajstić information content (AvgIpc) is 3.68. The summed E-state index contributed by atoms with van der Waals surface area (Å²) >= 11 is 0. The lowest BCUT2D eigenvalue weighted by Crippen LogP contribution is -2.22. The molecule has 0 saturated heterocycles. The number of fused-ring (bicyclic) bond motifs is 7. The van der Waals surface area contributed by atoms with Gasteiger partial charge in [0.2, 0.25) is 0 Å². The van der Waals surface area contributed by atoms with Crippen LogP contribution in [0, 0.1) is 17.3 Å². The van der Waals surface area contributed by atoms with E-state index in [1.54, 1.807) is 0 Å². The summed E-state index contributed by atoms with van der Waals surface area (Å²) in [6, 6.07) is 42.3. The van der Waals surface area contributed by atoms with Crippen LogP contribution < -0.4 is 4.90 Å². The summed E-state index contributed by atoms with van der Waals surface area (Å²) in [5, 5.41) is 2.46. The van der Waals surface area contributed by atoms with E-state index in [1.165, 1.54) is 55.2 Å². The third-order valence-electron chi connectivity index (χ3n) is 12.0. The van der Waals surface area contributed by atoms with Crippen molar-refractivity contribution in [2.75, 3.05) is 4.90 Å². The summed E-state index contributed by atoms with van der Waals surface area (Å²) in [5.41, 5.74) is 14.7. The highest BCUT2D eigenvalue weighted by Gasteiger charge is 2.46. The molecule has 2 heteroatoms. The van der Waals surface area contributed by atoms with Crippen molar-refractivity contribution in [3.05, 3.63) is 186 Å². The van der Waals surface area contributed by atoms with Crippen LogP contribution in [0.15, 0.2) is 175 Å². The second-order valence-electron chi connectivity index (χ2n) is 15.5. The molecule has 1 saturated carbocycles. The van der Waals surface area contributed by atoms with E-state index in [-0.39, 0.29) is 10.8 Å². The number of hydrogen-bond donors (Lipinski definition) is 0. The van der Waals surface area contributed by atoms with E-state index in [0.717, 1.165) is 22.8 Å². The molecule has 0 radical (unpaired) electrons. The first kappa shape index (κ1) is 31.4. The number of para-hydroxylation sites is 2. The van der Waals surface area contributed by atoms with Crippen LogP contribution in [0.5, 0.6) is 0 Å². The lowest BCUT2D eigenvalue weighted by Gasteiger charge is -2.31. The number of aromatic nitrogens is 1. The Hall–Kier alpha value is -5.60. The van der Waals surface area contributed by atoms with Gasteiger partial charge < -0.3 is 9.47 Å². The quantitative estimate of drug-likeness (QED) is 0.179. The van der Waals surface area contributed by atoms with Gasteiger partial charge in [-0.1, -0.05) is 131 Å². The fraction of sp³-hybridized carbons (Fsp3) is 0.184. The lowest BCUT2D eigenvalue weighted by atomic mass is 9.75. The molecule has 2 nitrogen and oxygen atoms in total. The van der Waals surface area contributed by atoms with Gasteiger partial charge in [-0.25, -0.2) is 0 Å². The van der Waals surface area contributed by atoms with E-state index < -0.39 is 0 Å². The third kappa shape index (κ3) is 4.62. The Kier molecular flexibility index (Phi) is 7.06. The molecule has 0 N–H and O–H groups in total. The molecule has 0 aliphatic heterocycles. The van der Waals surface area contributed by atoms with Crippen LogP contribution in [0.25, 0.3) is 38.6 Å². The van der Waals surface area contributed by atoms with Crippen LogP contribution in [0.4, 0.5) is 11.4 Å². The van der Waals surface area contributed by atoms with Gasteiger partial charge in [-0.15, -0.1) is 0 Å². The molecule has 3 aliphatic carbocycles. The number of hydrogen-bond acceptors (Lipinski definition) is 1. The highest BCUT2D eigenvalue weighted by molar-refractivity contribution is 6.10. The normalized spacial score (nSPS) is 21.0. The largest absolute Gasteiger partial charge is 0.311 e. The van der Waals surface area contributed by atoms with Crippen molar-refractivity contribution in [3.63, 3.8) is 0 Å². The second kappa shape index (κ2) is 11.5. The van der Waals surface area contributed by atoms with Crippen LogP contribution in [0.1, 0.15) is 45.7 Å². The zero-order valence-corrected chi connectivity index (χ0v) is 30.2. The lowest BCUT2D eigenvalue weighted by molar-refractivity contribution is 0.333. The van der Waals surface area contributed by atoms with Crippen LogP contribution in [-0.4, -0.2) is 4.57 Å². The molecular formula is C49H44N2. The van der Waals surface area contributed by atoms with Gasteiger partial charge in [0.05, 0.1) is 11.0 Å². The molecule has 1 fully saturated rings. The molecular weight excluding hydrogens is 617 g/mol. The first-order valence-corrected chi connectivity index (χ1v) is 18.3. The SMILES string of the molecule is C=C(C=C1/C(=C\C)C2C=CC=CC2C1(C)C)N(c1ccc2c(c1)C(C)(C)c1ccccc1-2)c1ccc2c(c1)c1ccccc1n2-c1ccccc1. The Balaban J connectivity index is 1.25. The zero-order valence-electron chi connectivity index (χ0n) is 30.2. The third-order valence-corrected chi connectivity index (χ3v) is 12.0. The molecule has 51 heavy (non-hydrogen) atoms. The zero-order chi connectivity index (χ0) is 35.1. The Morgan fingerprint density at radius 1 is 0.686 bits per heavy atom. The first-order valence-electron chi connectivity index (χ1n) is 18.3. The minimum absolute atomic E-state index is 0.0446. The van der Waals surface area contributed by atoms with E-state index in [0.29, 0.717) is 11.8 Å². The van der Waals surface area contributed by atoms with Crippen LogP contribution >= 0.6 is 0 Å². The first-order chi connectivity index (χ1) is 24.7. The molecule has 5 aromatic carbocycles. The summed E-state index contributed by atoms with van der Waals surface area (Å²) in [6.07, 6.45) is 13.9. The maximum Gasteiger partial charge on any atom is 0.0542 e. The van der Waals surface area contributed by atoms with E-state index in [2.05, 4.69) is 196 Å². The van der Waals surface area contributed by atoms with Crippen LogP contribution in [0.2, 0.25) is 0 Å². The summed E-state index contributed by atoms with van der Waals surface area (Å²) in [4.78, 5) is 2.39. The summed E-state index contributed by atoms with van der Waals surface area (Å²) in [6.45, 7) is 16.6. The molecule has 0 spiro atoms. The highest BCUT2D eigenvalue weighted by atomic mass is 15.1. The molecule has 250 valence electrons. The van der Waals surface area contributed by atoms with E-state index in [1.807, 2.05) is 0 Å². The monoisotopic (exact) mass is 660 g/mol. The van der Waals surface area contributed by atoms with Gasteiger partial charge >= 0.3 is 0 Å². The number of benzene rings is 5. The van der Waals surface area contributed by atoms with Crippen molar-refractivity contribution < 1.29 is 0 Å². The summed E-state index contributed by atoms with van der Waals surface area (Å²) in [7, 11) is 0. The van der Waals surface area contributed by atoms with Gasteiger partial charge in [0.25, 0.3) is 0 Å². The van der Waals surface area contributed by atoms with Crippen molar-refractivity contribution in [2.45, 2.75) is 40.0 Å². The van der Waals surface area contributed by atoms with Crippen molar-refractivity contribution in [2.24, 2.45) is 17.3 Å². The molecule has 3 aliphatic rings. The number of nitrogens with zero attached hydrogens (tertiary/aromatic N) is 2. The Morgan fingerprint density at radius 2 is 1.35 bits per heavy atom. The molecule has 2 unspecified atom stereocenters. The standard InChI is InChI=1S/C49H44N2/c1-7-36-37-19-11-14-22-42(37)48(3,4)44(36)29-32(2)50(35-25-27-39-38-20-12-15-23-43(38)49(5,6)45(39)31-35)34-26-28-47-41(30-34)40-21-13-16-24-46(40)51(47)33-17-9-8-10-18-33/h7-31,37,42H,2H2,1,3-6H3/b36-7-,44-29?. The van der Waals surface area contributed by atoms with Gasteiger partial charge in [-0.05, 0) is 106 Å². The minimum Gasteiger partial charge on any atom is -0.311 e. The van der Waals surface area contributed by atoms with E-state index >= 15 is 0 Å². The van der Waals surface area contributed by atoms with Gasteiger partial charge in [-0.2, -0.15) is 0 Å². The topological polar surface area (TPSA) is 8.17 Å². The molecule has 1 heterocycles. The Labute approximate surface area is 302 Å². The van der Waals surface area contributed by atoms with E-state index in [4.69, 9.17) is 6.58 Å². The second-order valence-corrected chi connectivity index (χ2v) is 15.5. The van der Waals surface area contributed by atoms with Gasteiger partial charge in [0.15, 0.2) is 0 Å². The predicted molar refractivity (Wildman–Crippen MR) is 217 cm³/mol. The number of allylic oxidation sites excluding steroid dienone is 8. The summed E-state index contributed by atoms with van der Waals surface area (Å²) in [5.74, 6) is 0.795. The molecule has 0 amide bonds.